The number of ketones is 1. The van der Waals surface area contributed by atoms with Crippen LogP contribution < -0.4 is 0 Å². The number of hydrogen-bond acceptors (Lipinski definition) is 2. The summed E-state index contributed by atoms with van der Waals surface area (Å²) < 4.78 is 1.71. The van der Waals surface area contributed by atoms with E-state index in [4.69, 9.17) is 5.11 Å². The second-order valence-corrected chi connectivity index (χ2v) is 2.02. The van der Waals surface area contributed by atoms with Crippen molar-refractivity contribution >= 4 is 12.0 Å². The van der Waals surface area contributed by atoms with E-state index in [1.165, 1.54) is 12.3 Å². The zero-order chi connectivity index (χ0) is 6.85. The first-order chi connectivity index (χ1) is 4.20. The molecule has 1 heterocycles. The zero-order valence-electron chi connectivity index (χ0n) is 5.16. The molecule has 0 radical (unpaired) electrons. The summed E-state index contributed by atoms with van der Waals surface area (Å²) in [4.78, 5) is 10.6. The fourth-order valence-electron chi connectivity index (χ4n) is 0.650. The van der Waals surface area contributed by atoms with Gasteiger partial charge in [0.25, 0.3) is 5.78 Å². The number of hydrogen-bond donors (Lipinski definition) is 1. The van der Waals surface area contributed by atoms with Crippen molar-refractivity contribution in [1.29, 1.82) is 0 Å². The lowest BCUT2D eigenvalue weighted by Crippen LogP contribution is -2.20. The fourth-order valence-corrected chi connectivity index (χ4v) is 0.650. The molecule has 0 saturated carbocycles. The minimum Gasteiger partial charge on any atom is -0.504 e. The summed E-state index contributed by atoms with van der Waals surface area (Å²) in [6, 6.07) is 0. The third-order valence-corrected chi connectivity index (χ3v) is 1.16. The Bertz CT molecular complexity index is 203. The zero-order valence-corrected chi connectivity index (χ0v) is 5.16. The highest BCUT2D eigenvalue weighted by Gasteiger charge is 2.14. The van der Waals surface area contributed by atoms with Crippen LogP contribution in [0.4, 0.5) is 0 Å². The van der Waals surface area contributed by atoms with Crippen LogP contribution in [0.2, 0.25) is 0 Å². The summed E-state index contributed by atoms with van der Waals surface area (Å²) in [6.07, 6.45) is 2.86. The van der Waals surface area contributed by atoms with Crippen molar-refractivity contribution in [3.63, 3.8) is 0 Å². The number of aliphatic hydroxyl groups is 1. The summed E-state index contributed by atoms with van der Waals surface area (Å²) in [7, 11) is 1.78. The minimum atomic E-state index is -0.316. The van der Waals surface area contributed by atoms with Gasteiger partial charge in [-0.1, -0.05) is 0 Å². The largest absolute Gasteiger partial charge is 0.504 e. The first-order valence-corrected chi connectivity index (χ1v) is 2.68. The molecule has 0 amide bonds. The van der Waals surface area contributed by atoms with E-state index in [9.17, 15) is 4.79 Å². The molecule has 0 aromatic carbocycles. The van der Waals surface area contributed by atoms with Crippen LogP contribution in [0.25, 0.3) is 0 Å². The van der Waals surface area contributed by atoms with Gasteiger partial charge < -0.3 is 5.11 Å². The molecule has 0 atom stereocenters. The number of nitrogens with zero attached hydrogens (tertiary/aromatic N) is 1. The minimum absolute atomic E-state index is 0.145. The van der Waals surface area contributed by atoms with E-state index in [-0.39, 0.29) is 11.5 Å². The molecule has 1 rings (SSSR count). The summed E-state index contributed by atoms with van der Waals surface area (Å²) in [5.41, 5.74) is 0. The van der Waals surface area contributed by atoms with Crippen LogP contribution in [-0.4, -0.2) is 35.3 Å². The number of rotatable bonds is 0. The first-order valence-electron chi connectivity index (χ1n) is 2.68. The van der Waals surface area contributed by atoms with Crippen molar-refractivity contribution in [3.8, 4) is 0 Å². The van der Waals surface area contributed by atoms with E-state index in [0.717, 1.165) is 0 Å². The quantitative estimate of drug-likeness (QED) is 0.454. The van der Waals surface area contributed by atoms with Gasteiger partial charge in [-0.2, -0.15) is 0 Å². The van der Waals surface area contributed by atoms with Gasteiger partial charge in [0.15, 0.2) is 12.3 Å². The van der Waals surface area contributed by atoms with Crippen LogP contribution in [0.5, 0.6) is 0 Å². The van der Waals surface area contributed by atoms with Crippen molar-refractivity contribution in [2.75, 3.05) is 13.6 Å². The Morgan fingerprint density at radius 3 is 2.89 bits per heavy atom. The number of carbonyl (C=O) groups excluding carboxylic acids is 1. The molecule has 0 aromatic rings. The maximum Gasteiger partial charge on any atom is 0.282 e. The standard InChI is InChI=1S/C6H7NO2/c1-7-3-2-5(8)6(9)4-7/h2,4H,3H2,1H3/p+1. The Morgan fingerprint density at radius 2 is 2.44 bits per heavy atom. The Kier molecular flexibility index (Phi) is 1.34. The van der Waals surface area contributed by atoms with Gasteiger partial charge >= 0.3 is 0 Å². The number of carbonyl (C=O) groups is 1. The van der Waals surface area contributed by atoms with Crippen molar-refractivity contribution in [1.82, 2.24) is 0 Å². The van der Waals surface area contributed by atoms with E-state index in [1.807, 2.05) is 0 Å². The molecule has 9 heavy (non-hydrogen) atoms. The number of likely N-dealkylation sites (N-methyl/N-ethyl adjacent to an activating group) is 1. The van der Waals surface area contributed by atoms with Gasteiger partial charge in [-0.25, -0.2) is 4.58 Å². The van der Waals surface area contributed by atoms with Crippen molar-refractivity contribution in [3.05, 3.63) is 11.8 Å². The SMILES string of the molecule is C[N+]1=CC(=O)C(O)=CC1. The number of aliphatic hydroxyl groups excluding tert-OH is 1. The molecule has 0 fully saturated rings. The lowest BCUT2D eigenvalue weighted by atomic mass is 10.3. The molecule has 1 aliphatic rings. The average molecular weight is 126 g/mol. The molecule has 1 aliphatic heterocycles. The van der Waals surface area contributed by atoms with Gasteiger partial charge in [-0.3, -0.25) is 4.79 Å². The van der Waals surface area contributed by atoms with Gasteiger partial charge in [0.2, 0.25) is 6.21 Å². The fraction of sp³-hybridized carbons (Fsp3) is 0.333. The normalized spacial score (nSPS) is 19.0. The molecule has 0 unspecified atom stereocenters. The molecule has 48 valence electrons. The highest BCUT2D eigenvalue weighted by Crippen LogP contribution is 1.92. The predicted molar refractivity (Wildman–Crippen MR) is 32.8 cm³/mol. The summed E-state index contributed by atoms with van der Waals surface area (Å²) in [5, 5.41) is 8.75. The Morgan fingerprint density at radius 1 is 1.78 bits per heavy atom. The summed E-state index contributed by atoms with van der Waals surface area (Å²) >= 11 is 0. The van der Waals surface area contributed by atoms with Gasteiger partial charge in [0, 0.05) is 6.08 Å². The van der Waals surface area contributed by atoms with Crippen LogP contribution in [0.15, 0.2) is 11.8 Å². The maximum absolute atomic E-state index is 10.6. The van der Waals surface area contributed by atoms with Gasteiger partial charge in [-0.15, -0.1) is 0 Å². The Hall–Kier alpha value is -1.12. The number of Topliss-reactive ketones (excluding diaryl/α,β-unsaturated/α-hetero) is 1. The topological polar surface area (TPSA) is 40.3 Å². The molecule has 0 bridgehead atoms. The first kappa shape index (κ1) is 6.01. The van der Waals surface area contributed by atoms with E-state index in [1.54, 1.807) is 11.6 Å². The van der Waals surface area contributed by atoms with Crippen LogP contribution in [-0.2, 0) is 4.79 Å². The highest BCUT2D eigenvalue weighted by atomic mass is 16.3. The third kappa shape index (κ3) is 1.16. The van der Waals surface area contributed by atoms with Gasteiger partial charge in [0.1, 0.15) is 7.05 Å². The van der Waals surface area contributed by atoms with Crippen molar-refractivity contribution in [2.45, 2.75) is 0 Å². The lowest BCUT2D eigenvalue weighted by molar-refractivity contribution is -0.481. The van der Waals surface area contributed by atoms with E-state index >= 15 is 0 Å². The van der Waals surface area contributed by atoms with Gasteiger partial charge in [-0.05, 0) is 0 Å². The Balaban J connectivity index is 2.82. The predicted octanol–water partition coefficient (Wildman–Crippen LogP) is -0.276. The molecular weight excluding hydrogens is 118 g/mol. The molecule has 3 heteroatoms. The second kappa shape index (κ2) is 2.01. The van der Waals surface area contributed by atoms with Crippen LogP contribution in [0.3, 0.4) is 0 Å². The summed E-state index contributed by atoms with van der Waals surface area (Å²) in [6.45, 7) is 0.609. The van der Waals surface area contributed by atoms with Crippen LogP contribution in [0, 0.1) is 0 Å². The molecule has 3 nitrogen and oxygen atoms in total. The molecule has 0 spiro atoms. The molecule has 1 N–H and O–H groups in total. The third-order valence-electron chi connectivity index (χ3n) is 1.16. The van der Waals surface area contributed by atoms with Gasteiger partial charge in [0.05, 0.1) is 0 Å². The summed E-state index contributed by atoms with van der Waals surface area (Å²) in [5.74, 6) is -0.461. The average Bonchev–Trinajstić information content (AvgIpc) is 1.80. The van der Waals surface area contributed by atoms with Crippen LogP contribution in [0.1, 0.15) is 0 Å². The molecule has 0 aliphatic carbocycles. The van der Waals surface area contributed by atoms with Crippen molar-refractivity contribution < 1.29 is 14.5 Å². The molecule has 0 aromatic heterocycles. The number of allylic oxidation sites excluding steroid dienone is 1. The lowest BCUT2D eigenvalue weighted by Gasteiger charge is -1.98. The highest BCUT2D eigenvalue weighted by molar-refractivity contribution is 6.32. The molecule has 0 saturated heterocycles. The smallest absolute Gasteiger partial charge is 0.282 e. The Labute approximate surface area is 52.9 Å². The molecular formula is C6H8NO2+. The van der Waals surface area contributed by atoms with Crippen LogP contribution >= 0.6 is 0 Å². The monoisotopic (exact) mass is 126 g/mol. The van der Waals surface area contributed by atoms with E-state index in [0.29, 0.717) is 6.54 Å². The van der Waals surface area contributed by atoms with E-state index in [2.05, 4.69) is 0 Å². The van der Waals surface area contributed by atoms with Crippen molar-refractivity contribution in [2.24, 2.45) is 0 Å². The maximum atomic E-state index is 10.6. The second-order valence-electron chi connectivity index (χ2n) is 2.02. The van der Waals surface area contributed by atoms with E-state index < -0.39 is 0 Å².